The second-order valence-corrected chi connectivity index (χ2v) is 13.6. The lowest BCUT2D eigenvalue weighted by Gasteiger charge is -2.11. The lowest BCUT2D eigenvalue weighted by atomic mass is 10.1. The highest BCUT2D eigenvalue weighted by molar-refractivity contribution is 6.02. The van der Waals surface area contributed by atoms with Crippen LogP contribution in [0.5, 0.6) is 34.5 Å². The number of nitrogens with zero attached hydrogens (tertiary/aromatic N) is 2. The van der Waals surface area contributed by atoms with Gasteiger partial charge in [-0.3, -0.25) is 0 Å². The predicted octanol–water partition coefficient (Wildman–Crippen LogP) is 8.95. The minimum absolute atomic E-state index is 0.290. The number of unbranched alkanes of at least 4 members (excludes halogenated alkanes) is 2. The maximum Gasteiger partial charge on any atom is 0.336 e. The third-order valence-electron chi connectivity index (χ3n) is 8.94. The van der Waals surface area contributed by atoms with E-state index in [4.69, 9.17) is 37.9 Å². The molecule has 0 spiro atoms. The van der Waals surface area contributed by atoms with E-state index in [0.29, 0.717) is 95.9 Å². The summed E-state index contributed by atoms with van der Waals surface area (Å²) in [6.07, 6.45) is 10.8. The van der Waals surface area contributed by atoms with Crippen molar-refractivity contribution in [3.63, 3.8) is 0 Å². The molecule has 0 atom stereocenters. The molecule has 0 fully saturated rings. The molecule has 14 heteroatoms. The summed E-state index contributed by atoms with van der Waals surface area (Å²) in [6, 6.07) is 24.4. The van der Waals surface area contributed by atoms with Crippen LogP contribution in [0.4, 0.5) is 0 Å². The van der Waals surface area contributed by atoms with Crippen molar-refractivity contribution in [3.05, 3.63) is 145 Å². The number of carbonyl (C=O) groups excluding carboxylic acids is 4. The number of benzene rings is 4. The van der Waals surface area contributed by atoms with Crippen LogP contribution >= 0.6 is 0 Å². The minimum atomic E-state index is -0.558. The molecular formula is C50H52N2O12. The van der Waals surface area contributed by atoms with Gasteiger partial charge in [-0.25, -0.2) is 19.2 Å². The van der Waals surface area contributed by atoms with Crippen LogP contribution in [0.3, 0.4) is 0 Å². The molecule has 0 bridgehead atoms. The molecule has 0 heterocycles. The fourth-order valence-electron chi connectivity index (χ4n) is 5.47. The second kappa shape index (κ2) is 26.6. The van der Waals surface area contributed by atoms with Gasteiger partial charge in [-0.05, 0) is 147 Å². The summed E-state index contributed by atoms with van der Waals surface area (Å²) in [5, 5.41) is 8.75. The summed E-state index contributed by atoms with van der Waals surface area (Å²) in [7, 11) is 3.06. The van der Waals surface area contributed by atoms with E-state index in [1.165, 1.54) is 26.4 Å². The van der Waals surface area contributed by atoms with Gasteiger partial charge in [-0.15, -0.1) is 0 Å². The van der Waals surface area contributed by atoms with E-state index in [2.05, 4.69) is 23.4 Å². The molecule has 0 aliphatic carbocycles. The number of hydrogen-bond donors (Lipinski definition) is 0. The molecule has 4 aromatic carbocycles. The fourth-order valence-corrected chi connectivity index (χ4v) is 5.47. The van der Waals surface area contributed by atoms with Gasteiger partial charge in [0, 0.05) is 24.3 Å². The monoisotopic (exact) mass is 872 g/mol. The van der Waals surface area contributed by atoms with Crippen LogP contribution in [0.2, 0.25) is 0 Å². The molecule has 14 nitrogen and oxygen atoms in total. The van der Waals surface area contributed by atoms with Gasteiger partial charge in [0.1, 0.15) is 11.5 Å². The molecule has 0 aromatic heterocycles. The first-order valence-corrected chi connectivity index (χ1v) is 20.3. The summed E-state index contributed by atoms with van der Waals surface area (Å²) >= 11 is 0. The SMILES string of the molecule is C=CC(=O)OCCCCOc1ccc(C=CC(=O)Oc2ccc(C(C)=NN=C(C)c3ccc(OC(=O)C=Cc4ccc(OCCCCOC(=O)C=C)c(OC)c4)cc3)cc2)cc1OC. The number of esters is 4. The van der Waals surface area contributed by atoms with Crippen molar-refractivity contribution in [1.82, 2.24) is 0 Å². The summed E-state index contributed by atoms with van der Waals surface area (Å²) in [5.41, 5.74) is 4.28. The number of ether oxygens (including phenoxy) is 8. The Morgan fingerprint density at radius 2 is 0.875 bits per heavy atom. The zero-order chi connectivity index (χ0) is 46.1. The van der Waals surface area contributed by atoms with Crippen molar-refractivity contribution in [3.8, 4) is 34.5 Å². The van der Waals surface area contributed by atoms with Gasteiger partial charge >= 0.3 is 23.9 Å². The molecule has 0 saturated carbocycles. The second-order valence-electron chi connectivity index (χ2n) is 13.6. The molecule has 0 aliphatic rings. The summed E-state index contributed by atoms with van der Waals surface area (Å²) in [6.45, 7) is 11.8. The molecule has 64 heavy (non-hydrogen) atoms. The number of hydrogen-bond acceptors (Lipinski definition) is 14. The quantitative estimate of drug-likeness (QED) is 0.0155. The predicted molar refractivity (Wildman–Crippen MR) is 244 cm³/mol. The molecule has 0 unspecified atom stereocenters. The van der Waals surface area contributed by atoms with Gasteiger partial charge in [-0.2, -0.15) is 10.2 Å². The molecular weight excluding hydrogens is 821 g/mol. The lowest BCUT2D eigenvalue weighted by Crippen LogP contribution is -2.05. The summed E-state index contributed by atoms with van der Waals surface area (Å²) in [5.74, 6) is 0.816. The van der Waals surface area contributed by atoms with Crippen molar-refractivity contribution in [2.45, 2.75) is 39.5 Å². The third-order valence-corrected chi connectivity index (χ3v) is 8.94. The van der Waals surface area contributed by atoms with Gasteiger partial charge in [0.15, 0.2) is 23.0 Å². The lowest BCUT2D eigenvalue weighted by molar-refractivity contribution is -0.138. The van der Waals surface area contributed by atoms with Crippen molar-refractivity contribution in [2.75, 3.05) is 40.6 Å². The summed E-state index contributed by atoms with van der Waals surface area (Å²) in [4.78, 5) is 47.4. The molecule has 0 N–H and O–H groups in total. The van der Waals surface area contributed by atoms with Crippen LogP contribution in [-0.4, -0.2) is 75.9 Å². The molecule has 334 valence electrons. The normalized spacial score (nSPS) is 11.4. The van der Waals surface area contributed by atoms with E-state index in [1.54, 1.807) is 97.1 Å². The first kappa shape index (κ1) is 48.9. The van der Waals surface area contributed by atoms with E-state index < -0.39 is 23.9 Å². The molecule has 4 rings (SSSR count). The van der Waals surface area contributed by atoms with Crippen molar-refractivity contribution in [1.29, 1.82) is 0 Å². The molecule has 0 amide bonds. The maximum absolute atomic E-state index is 12.6. The van der Waals surface area contributed by atoms with E-state index in [1.807, 2.05) is 13.8 Å². The van der Waals surface area contributed by atoms with Crippen LogP contribution in [0.1, 0.15) is 61.8 Å². The average Bonchev–Trinajstić information content (AvgIpc) is 3.31. The highest BCUT2D eigenvalue weighted by Gasteiger charge is 2.09. The number of carbonyl (C=O) groups is 4. The van der Waals surface area contributed by atoms with E-state index >= 15 is 0 Å². The number of rotatable bonds is 25. The zero-order valence-electron chi connectivity index (χ0n) is 36.4. The summed E-state index contributed by atoms with van der Waals surface area (Å²) < 4.78 is 43.4. The highest BCUT2D eigenvalue weighted by Crippen LogP contribution is 2.30. The van der Waals surface area contributed by atoms with E-state index in [9.17, 15) is 19.2 Å². The largest absolute Gasteiger partial charge is 0.493 e. The first-order valence-electron chi connectivity index (χ1n) is 20.3. The van der Waals surface area contributed by atoms with Crippen LogP contribution in [-0.2, 0) is 28.7 Å². The van der Waals surface area contributed by atoms with Gasteiger partial charge < -0.3 is 37.9 Å². The van der Waals surface area contributed by atoms with Crippen LogP contribution < -0.4 is 28.4 Å². The van der Waals surface area contributed by atoms with E-state index in [0.717, 1.165) is 23.3 Å². The molecule has 0 saturated heterocycles. The first-order chi connectivity index (χ1) is 31.0. The van der Waals surface area contributed by atoms with E-state index in [-0.39, 0.29) is 13.2 Å². The van der Waals surface area contributed by atoms with Crippen LogP contribution in [0.15, 0.2) is 133 Å². The van der Waals surface area contributed by atoms with Crippen LogP contribution in [0, 0.1) is 0 Å². The van der Waals surface area contributed by atoms with Crippen molar-refractivity contribution in [2.24, 2.45) is 10.2 Å². The van der Waals surface area contributed by atoms with Crippen LogP contribution in [0.25, 0.3) is 12.2 Å². The average molecular weight is 873 g/mol. The minimum Gasteiger partial charge on any atom is -0.493 e. The van der Waals surface area contributed by atoms with Gasteiger partial charge in [0.05, 0.1) is 52.1 Å². The molecule has 0 radical (unpaired) electrons. The smallest absolute Gasteiger partial charge is 0.336 e. The van der Waals surface area contributed by atoms with Gasteiger partial charge in [0.25, 0.3) is 0 Å². The molecule has 4 aromatic rings. The van der Waals surface area contributed by atoms with Gasteiger partial charge in [-0.1, -0.05) is 25.3 Å². The molecule has 0 aliphatic heterocycles. The Balaban J connectivity index is 1.22. The Kier molecular flexibility index (Phi) is 20.3. The Bertz CT molecular complexity index is 2180. The Labute approximate surface area is 373 Å². The van der Waals surface area contributed by atoms with Gasteiger partial charge in [0.2, 0.25) is 0 Å². The Morgan fingerprint density at radius 3 is 1.23 bits per heavy atom. The Hall–Kier alpha value is -7.74. The third kappa shape index (κ3) is 17.0. The highest BCUT2D eigenvalue weighted by atomic mass is 16.5. The maximum atomic E-state index is 12.6. The van der Waals surface area contributed by atoms with Crippen molar-refractivity contribution < 1.29 is 57.1 Å². The topological polar surface area (TPSA) is 167 Å². The van der Waals surface area contributed by atoms with Crippen molar-refractivity contribution >= 4 is 47.5 Å². The zero-order valence-corrected chi connectivity index (χ0v) is 36.4. The Morgan fingerprint density at radius 1 is 0.500 bits per heavy atom. The fraction of sp³-hybridized carbons (Fsp3) is 0.240. The number of methoxy groups -OCH3 is 2. The standard InChI is InChI=1S/C50H52N2O12/c1-7-47(53)61-31-11-9-29-59-43-25-13-37(33-45(43)57-5)15-27-49(55)63-41-21-17-39(18-22-41)35(3)51-52-36(4)40-19-23-42(24-20-40)64-50(56)28-16-38-14-26-44(46(34-38)58-6)60-30-10-12-32-62-48(54)8-2/h7-8,13-28,33-34H,1-2,9-12,29-32H2,3-6H3.